The number of carbonyl (C=O) groups excluding carboxylic acids is 2. The molecule has 126 valence electrons. The number of Topliss-reactive ketones (excluding diaryl/α,β-unsaturated/α-hetero) is 1. The van der Waals surface area contributed by atoms with Crippen LogP contribution in [0.15, 0.2) is 34.8 Å². The van der Waals surface area contributed by atoms with Crippen molar-refractivity contribution >= 4 is 39.0 Å². The highest BCUT2D eigenvalue weighted by molar-refractivity contribution is 9.10. The van der Waals surface area contributed by atoms with E-state index >= 15 is 0 Å². The summed E-state index contributed by atoms with van der Waals surface area (Å²) in [7, 11) is 0. The molecule has 0 unspecified atom stereocenters. The summed E-state index contributed by atoms with van der Waals surface area (Å²) in [5.74, 6) is 0.131. The summed E-state index contributed by atoms with van der Waals surface area (Å²) in [6.07, 6.45) is 4.47. The summed E-state index contributed by atoms with van der Waals surface area (Å²) in [6, 6.07) is 8.98. The van der Waals surface area contributed by atoms with Gasteiger partial charge in [0.15, 0.2) is 12.4 Å². The van der Waals surface area contributed by atoms with Crippen LogP contribution in [0.1, 0.15) is 50.2 Å². The summed E-state index contributed by atoms with van der Waals surface area (Å²) >= 11 is 4.84. The van der Waals surface area contributed by atoms with E-state index in [-0.39, 0.29) is 12.4 Å². The maximum Gasteiger partial charge on any atom is 0.348 e. The summed E-state index contributed by atoms with van der Waals surface area (Å²) in [6.45, 7) is 1.99. The first-order valence-corrected chi connectivity index (χ1v) is 9.75. The number of hydrogen-bond acceptors (Lipinski definition) is 4. The molecule has 24 heavy (non-hydrogen) atoms. The molecule has 0 fully saturated rings. The molecule has 1 aliphatic rings. The maximum atomic E-state index is 12.2. The Bertz CT molecular complexity index is 748. The Kier molecular flexibility index (Phi) is 5.51. The average Bonchev–Trinajstić information content (AvgIpc) is 3.03. The van der Waals surface area contributed by atoms with Crippen LogP contribution in [-0.4, -0.2) is 18.4 Å². The van der Waals surface area contributed by atoms with E-state index in [1.54, 1.807) is 24.3 Å². The van der Waals surface area contributed by atoms with Crippen molar-refractivity contribution in [3.05, 3.63) is 55.7 Å². The molecule has 0 bridgehead atoms. The minimum Gasteiger partial charge on any atom is -0.453 e. The van der Waals surface area contributed by atoms with E-state index < -0.39 is 5.97 Å². The van der Waals surface area contributed by atoms with Crippen LogP contribution in [0.2, 0.25) is 0 Å². The number of carbonyl (C=O) groups is 2. The van der Waals surface area contributed by atoms with E-state index in [2.05, 4.69) is 22.9 Å². The number of thiophene rings is 1. The van der Waals surface area contributed by atoms with Crippen molar-refractivity contribution in [1.82, 2.24) is 0 Å². The van der Waals surface area contributed by atoms with E-state index in [0.717, 1.165) is 23.2 Å². The molecule has 0 spiro atoms. The van der Waals surface area contributed by atoms with Gasteiger partial charge in [0, 0.05) is 14.9 Å². The summed E-state index contributed by atoms with van der Waals surface area (Å²) in [4.78, 5) is 26.2. The number of fused-ring (bicyclic) bond motifs is 1. The fraction of sp³-hybridized carbons (Fsp3) is 0.368. The zero-order valence-electron chi connectivity index (χ0n) is 13.5. The van der Waals surface area contributed by atoms with Crippen LogP contribution < -0.4 is 0 Å². The third-order valence-corrected chi connectivity index (χ3v) is 6.21. The highest BCUT2D eigenvalue weighted by Gasteiger charge is 2.23. The van der Waals surface area contributed by atoms with Gasteiger partial charge in [-0.3, -0.25) is 4.79 Å². The predicted octanol–water partition coefficient (Wildman–Crippen LogP) is 5.07. The smallest absolute Gasteiger partial charge is 0.348 e. The minimum atomic E-state index is -0.395. The number of halogens is 1. The van der Waals surface area contributed by atoms with Gasteiger partial charge in [-0.15, -0.1) is 11.3 Å². The van der Waals surface area contributed by atoms with Gasteiger partial charge < -0.3 is 4.74 Å². The highest BCUT2D eigenvalue weighted by Crippen LogP contribution is 2.33. The largest absolute Gasteiger partial charge is 0.453 e. The topological polar surface area (TPSA) is 43.4 Å². The Labute approximate surface area is 154 Å². The maximum absolute atomic E-state index is 12.2. The van der Waals surface area contributed by atoms with Gasteiger partial charge in [-0.05, 0) is 48.9 Å². The Balaban J connectivity index is 1.60. The molecule has 1 heterocycles. The molecule has 1 aromatic heterocycles. The van der Waals surface area contributed by atoms with Crippen molar-refractivity contribution in [2.45, 2.75) is 32.6 Å². The number of hydrogen-bond donors (Lipinski definition) is 0. The second-order valence-corrected chi connectivity index (χ2v) is 8.13. The Morgan fingerprint density at radius 2 is 2.04 bits per heavy atom. The fourth-order valence-electron chi connectivity index (χ4n) is 2.97. The number of rotatable bonds is 5. The Morgan fingerprint density at radius 1 is 1.29 bits per heavy atom. The predicted molar refractivity (Wildman–Crippen MR) is 98.9 cm³/mol. The van der Waals surface area contributed by atoms with Gasteiger partial charge in [0.1, 0.15) is 4.88 Å². The molecule has 0 N–H and O–H groups in total. The number of aryl methyl sites for hydroxylation is 1. The molecular weight excluding hydrogens is 388 g/mol. The lowest BCUT2D eigenvalue weighted by atomic mass is 9.87. The zero-order valence-corrected chi connectivity index (χ0v) is 15.9. The SMILES string of the molecule is CC[C@@H]1CCc2sc(C(=O)OCC(=O)c3ccc(Br)cc3)cc2C1. The van der Waals surface area contributed by atoms with Crippen molar-refractivity contribution in [3.8, 4) is 0 Å². The molecule has 3 nitrogen and oxygen atoms in total. The fourth-order valence-corrected chi connectivity index (χ4v) is 4.34. The van der Waals surface area contributed by atoms with E-state index in [1.165, 1.54) is 34.6 Å². The van der Waals surface area contributed by atoms with Crippen molar-refractivity contribution in [2.24, 2.45) is 5.92 Å². The first kappa shape index (κ1) is 17.4. The summed E-state index contributed by atoms with van der Waals surface area (Å²) in [5.41, 5.74) is 1.83. The standard InChI is InChI=1S/C19H19BrO3S/c1-2-12-3-8-17-14(9-12)10-18(24-17)19(22)23-11-16(21)13-4-6-15(20)7-5-13/h4-7,10,12H,2-3,8-9,11H2,1H3/t12-/m1/s1. The summed E-state index contributed by atoms with van der Waals surface area (Å²) < 4.78 is 6.12. The first-order chi connectivity index (χ1) is 11.6. The molecule has 0 amide bonds. The van der Waals surface area contributed by atoms with Gasteiger partial charge in [-0.25, -0.2) is 4.79 Å². The average molecular weight is 407 g/mol. The third kappa shape index (κ3) is 3.95. The van der Waals surface area contributed by atoms with Crippen LogP contribution in [-0.2, 0) is 17.6 Å². The molecule has 2 aromatic rings. The van der Waals surface area contributed by atoms with Crippen LogP contribution >= 0.6 is 27.3 Å². The van der Waals surface area contributed by atoms with Crippen LogP contribution in [0.25, 0.3) is 0 Å². The molecule has 1 atom stereocenters. The van der Waals surface area contributed by atoms with Crippen molar-refractivity contribution in [1.29, 1.82) is 0 Å². The second kappa shape index (κ2) is 7.62. The third-order valence-electron chi connectivity index (χ3n) is 4.46. The molecule has 3 rings (SSSR count). The van der Waals surface area contributed by atoms with Crippen molar-refractivity contribution < 1.29 is 14.3 Å². The quantitative estimate of drug-likeness (QED) is 0.514. The molecule has 5 heteroatoms. The van der Waals surface area contributed by atoms with Crippen LogP contribution in [0.4, 0.5) is 0 Å². The lowest BCUT2D eigenvalue weighted by molar-refractivity contribution is 0.0479. The molecular formula is C19H19BrO3S. The van der Waals surface area contributed by atoms with Crippen LogP contribution in [0, 0.1) is 5.92 Å². The van der Waals surface area contributed by atoms with E-state index in [9.17, 15) is 9.59 Å². The van der Waals surface area contributed by atoms with Crippen LogP contribution in [0.3, 0.4) is 0 Å². The number of benzene rings is 1. The normalized spacial score (nSPS) is 16.5. The van der Waals surface area contributed by atoms with Gasteiger partial charge >= 0.3 is 5.97 Å². The van der Waals surface area contributed by atoms with Gasteiger partial charge in [0.2, 0.25) is 0 Å². The molecule has 0 saturated carbocycles. The highest BCUT2D eigenvalue weighted by atomic mass is 79.9. The Hall–Kier alpha value is -1.46. The van der Waals surface area contributed by atoms with Gasteiger partial charge in [0.05, 0.1) is 0 Å². The molecule has 0 aliphatic heterocycles. The lowest BCUT2D eigenvalue weighted by Crippen LogP contribution is -2.13. The molecule has 0 saturated heterocycles. The monoisotopic (exact) mass is 406 g/mol. The first-order valence-electron chi connectivity index (χ1n) is 8.14. The van der Waals surface area contributed by atoms with Crippen LogP contribution in [0.5, 0.6) is 0 Å². The van der Waals surface area contributed by atoms with E-state index in [1.807, 2.05) is 6.07 Å². The molecule has 0 radical (unpaired) electrons. The summed E-state index contributed by atoms with van der Waals surface area (Å²) in [5, 5.41) is 0. The Morgan fingerprint density at radius 3 is 2.75 bits per heavy atom. The van der Waals surface area contributed by atoms with E-state index in [0.29, 0.717) is 10.4 Å². The number of ether oxygens (including phenoxy) is 1. The molecule has 1 aromatic carbocycles. The van der Waals surface area contributed by atoms with Crippen molar-refractivity contribution in [3.63, 3.8) is 0 Å². The van der Waals surface area contributed by atoms with Gasteiger partial charge in [0.25, 0.3) is 0 Å². The van der Waals surface area contributed by atoms with Gasteiger partial charge in [-0.1, -0.05) is 41.4 Å². The number of esters is 1. The van der Waals surface area contributed by atoms with E-state index in [4.69, 9.17) is 4.74 Å². The molecule has 1 aliphatic carbocycles. The zero-order chi connectivity index (χ0) is 17.1. The minimum absolute atomic E-state index is 0.191. The van der Waals surface area contributed by atoms with Gasteiger partial charge in [-0.2, -0.15) is 0 Å². The second-order valence-electron chi connectivity index (χ2n) is 6.08. The lowest BCUT2D eigenvalue weighted by Gasteiger charge is -2.19. The van der Waals surface area contributed by atoms with Crippen molar-refractivity contribution in [2.75, 3.05) is 6.61 Å². The number of ketones is 1.